The number of rotatable bonds is 7. The Balaban J connectivity index is 1.66. The fraction of sp³-hybridized carbons (Fsp3) is 0.200. The van der Waals surface area contributed by atoms with E-state index in [2.05, 4.69) is 21.5 Å². The number of halogens is 2. The Kier molecular flexibility index (Phi) is 9.51. The topological polar surface area (TPSA) is 109 Å². The van der Waals surface area contributed by atoms with E-state index in [1.165, 1.54) is 19.1 Å². The number of nitrogens with one attached hydrogen (secondary N) is 4. The van der Waals surface area contributed by atoms with Gasteiger partial charge in [0, 0.05) is 29.6 Å². The Morgan fingerprint density at radius 3 is 2.39 bits per heavy atom. The van der Waals surface area contributed by atoms with E-state index in [4.69, 9.17) is 40.2 Å². The van der Waals surface area contributed by atoms with Crippen LogP contribution in [0.2, 0.25) is 10.0 Å². The van der Waals surface area contributed by atoms with Crippen LogP contribution in [-0.2, 0) is 9.59 Å². The number of carbonyl (C=O) groups excluding carboxylic acids is 3. The van der Waals surface area contributed by atoms with Crippen LogP contribution in [0.3, 0.4) is 0 Å². The third-order valence-electron chi connectivity index (χ3n) is 3.71. The van der Waals surface area contributed by atoms with Gasteiger partial charge in [-0.3, -0.25) is 25.2 Å². The summed E-state index contributed by atoms with van der Waals surface area (Å²) in [5.74, 6) is -0.520. The second kappa shape index (κ2) is 12.1. The van der Waals surface area contributed by atoms with Crippen LogP contribution in [0.15, 0.2) is 42.5 Å². The van der Waals surface area contributed by atoms with Crippen molar-refractivity contribution in [2.24, 2.45) is 0 Å². The molecule has 0 heterocycles. The van der Waals surface area contributed by atoms with E-state index in [0.717, 1.165) is 0 Å². The quantitative estimate of drug-likeness (QED) is 0.273. The summed E-state index contributed by atoms with van der Waals surface area (Å²) in [5.41, 5.74) is 5.75. The molecule has 2 rings (SSSR count). The molecule has 0 aliphatic rings. The van der Waals surface area contributed by atoms with Crippen molar-refractivity contribution in [1.82, 2.24) is 16.2 Å². The first kappa shape index (κ1) is 24.4. The van der Waals surface area contributed by atoms with Gasteiger partial charge in [0.1, 0.15) is 5.75 Å². The molecule has 2 aromatic rings. The lowest BCUT2D eigenvalue weighted by Crippen LogP contribution is -2.48. The molecule has 0 spiro atoms. The van der Waals surface area contributed by atoms with Crippen molar-refractivity contribution in [3.63, 3.8) is 0 Å². The van der Waals surface area contributed by atoms with Crippen molar-refractivity contribution >= 4 is 63.9 Å². The fourth-order valence-corrected chi connectivity index (χ4v) is 2.95. The van der Waals surface area contributed by atoms with E-state index < -0.39 is 5.91 Å². The van der Waals surface area contributed by atoms with Crippen LogP contribution >= 0.6 is 35.4 Å². The third kappa shape index (κ3) is 8.79. The Morgan fingerprint density at radius 1 is 1.03 bits per heavy atom. The van der Waals surface area contributed by atoms with Gasteiger partial charge in [-0.1, -0.05) is 23.2 Å². The van der Waals surface area contributed by atoms with Gasteiger partial charge in [-0.2, -0.15) is 0 Å². The standard InChI is InChI=1S/C20H20Cl2N4O4S/c1-12(27)23-15-7-4-13(5-8-15)19(29)25-26-20(31)24-18(28)3-2-10-30-17-9-6-14(21)11-16(17)22/h4-9,11H,2-3,10H2,1H3,(H,23,27)(H,25,29)(H2,24,26,28,31). The molecule has 0 fully saturated rings. The van der Waals surface area contributed by atoms with Crippen molar-refractivity contribution in [1.29, 1.82) is 0 Å². The van der Waals surface area contributed by atoms with Gasteiger partial charge in [0.25, 0.3) is 5.91 Å². The molecule has 0 aliphatic carbocycles. The highest BCUT2D eigenvalue weighted by Gasteiger charge is 2.09. The van der Waals surface area contributed by atoms with Crippen LogP contribution in [0.25, 0.3) is 0 Å². The lowest BCUT2D eigenvalue weighted by molar-refractivity contribution is -0.120. The van der Waals surface area contributed by atoms with E-state index >= 15 is 0 Å². The first-order valence-corrected chi connectivity index (χ1v) is 10.3. The molecule has 0 unspecified atom stereocenters. The second-order valence-corrected chi connectivity index (χ2v) is 7.49. The number of thiocarbonyl (C=S) groups is 1. The van der Waals surface area contributed by atoms with Gasteiger partial charge >= 0.3 is 0 Å². The van der Waals surface area contributed by atoms with Gasteiger partial charge in [0.05, 0.1) is 11.6 Å². The van der Waals surface area contributed by atoms with Gasteiger partial charge in [0.15, 0.2) is 5.11 Å². The highest BCUT2D eigenvalue weighted by Crippen LogP contribution is 2.27. The van der Waals surface area contributed by atoms with Crippen LogP contribution < -0.4 is 26.2 Å². The van der Waals surface area contributed by atoms with Gasteiger partial charge in [0.2, 0.25) is 11.8 Å². The highest BCUT2D eigenvalue weighted by atomic mass is 35.5. The number of hydrazine groups is 1. The summed E-state index contributed by atoms with van der Waals surface area (Å²) in [6.07, 6.45) is 0.589. The molecular weight excluding hydrogens is 463 g/mol. The number of anilines is 1. The minimum absolute atomic E-state index is 0.0464. The molecule has 164 valence electrons. The predicted molar refractivity (Wildman–Crippen MR) is 123 cm³/mol. The van der Waals surface area contributed by atoms with Crippen LogP contribution in [0.1, 0.15) is 30.1 Å². The Hall–Kier alpha value is -2.88. The third-order valence-corrected chi connectivity index (χ3v) is 4.44. The van der Waals surface area contributed by atoms with E-state index in [-0.39, 0.29) is 30.0 Å². The van der Waals surface area contributed by atoms with E-state index in [1.54, 1.807) is 30.3 Å². The van der Waals surface area contributed by atoms with Crippen LogP contribution in [0.4, 0.5) is 5.69 Å². The zero-order valence-corrected chi connectivity index (χ0v) is 18.8. The fourth-order valence-electron chi connectivity index (χ4n) is 2.32. The molecule has 0 aromatic heterocycles. The highest BCUT2D eigenvalue weighted by molar-refractivity contribution is 7.80. The molecule has 4 N–H and O–H groups in total. The Bertz CT molecular complexity index is 970. The lowest BCUT2D eigenvalue weighted by atomic mass is 10.2. The predicted octanol–water partition coefficient (Wildman–Crippen LogP) is 3.45. The Morgan fingerprint density at radius 2 is 1.74 bits per heavy atom. The largest absolute Gasteiger partial charge is 0.492 e. The number of hydrogen-bond acceptors (Lipinski definition) is 5. The van der Waals surface area contributed by atoms with E-state index in [9.17, 15) is 14.4 Å². The molecule has 0 radical (unpaired) electrons. The smallest absolute Gasteiger partial charge is 0.269 e. The molecule has 0 bridgehead atoms. The van der Waals surface area contributed by atoms with Crippen LogP contribution in [-0.4, -0.2) is 29.4 Å². The number of carbonyl (C=O) groups is 3. The van der Waals surface area contributed by atoms with Gasteiger partial charge in [-0.05, 0) is 61.1 Å². The molecule has 0 saturated heterocycles. The first-order chi connectivity index (χ1) is 14.7. The number of amides is 3. The molecule has 31 heavy (non-hydrogen) atoms. The molecule has 0 saturated carbocycles. The summed E-state index contributed by atoms with van der Waals surface area (Å²) in [5, 5.41) is 5.91. The van der Waals surface area contributed by atoms with Crippen molar-refractivity contribution in [2.45, 2.75) is 19.8 Å². The Labute approximate surface area is 194 Å². The molecule has 11 heteroatoms. The van der Waals surface area contributed by atoms with Crippen molar-refractivity contribution in [3.8, 4) is 5.75 Å². The molecule has 8 nitrogen and oxygen atoms in total. The molecular formula is C20H20Cl2N4O4S. The van der Waals surface area contributed by atoms with E-state index in [1.807, 2.05) is 0 Å². The summed E-state index contributed by atoms with van der Waals surface area (Å²) >= 11 is 16.8. The normalized spacial score (nSPS) is 10.0. The zero-order chi connectivity index (χ0) is 22.8. The molecule has 3 amide bonds. The minimum Gasteiger partial charge on any atom is -0.492 e. The summed E-state index contributed by atoms with van der Waals surface area (Å²) in [6.45, 7) is 1.67. The summed E-state index contributed by atoms with van der Waals surface area (Å²) in [6, 6.07) is 11.1. The zero-order valence-electron chi connectivity index (χ0n) is 16.5. The van der Waals surface area contributed by atoms with Gasteiger partial charge in [-0.15, -0.1) is 0 Å². The summed E-state index contributed by atoms with van der Waals surface area (Å²) < 4.78 is 5.51. The molecule has 0 atom stereocenters. The maximum Gasteiger partial charge on any atom is 0.269 e. The molecule has 2 aromatic carbocycles. The SMILES string of the molecule is CC(=O)Nc1ccc(C(=O)NNC(=S)NC(=O)CCCOc2ccc(Cl)cc2Cl)cc1. The number of benzene rings is 2. The van der Waals surface area contributed by atoms with Crippen molar-refractivity contribution in [2.75, 3.05) is 11.9 Å². The number of ether oxygens (including phenoxy) is 1. The summed E-state index contributed by atoms with van der Waals surface area (Å²) in [4.78, 5) is 35.0. The lowest BCUT2D eigenvalue weighted by Gasteiger charge is -2.11. The second-order valence-electron chi connectivity index (χ2n) is 6.24. The molecule has 0 aliphatic heterocycles. The van der Waals surface area contributed by atoms with Crippen LogP contribution in [0, 0.1) is 0 Å². The van der Waals surface area contributed by atoms with Gasteiger partial charge < -0.3 is 15.4 Å². The minimum atomic E-state index is -0.459. The average molecular weight is 483 g/mol. The maximum absolute atomic E-state index is 12.1. The van der Waals surface area contributed by atoms with E-state index in [0.29, 0.717) is 33.5 Å². The van der Waals surface area contributed by atoms with Crippen LogP contribution in [0.5, 0.6) is 5.75 Å². The monoisotopic (exact) mass is 482 g/mol. The average Bonchev–Trinajstić information content (AvgIpc) is 2.71. The number of hydrogen-bond donors (Lipinski definition) is 4. The summed E-state index contributed by atoms with van der Waals surface area (Å²) in [7, 11) is 0. The maximum atomic E-state index is 12.1. The van der Waals surface area contributed by atoms with Gasteiger partial charge in [-0.25, -0.2) is 0 Å². The van der Waals surface area contributed by atoms with Crippen molar-refractivity contribution < 1.29 is 19.1 Å². The first-order valence-electron chi connectivity index (χ1n) is 9.10. The van der Waals surface area contributed by atoms with Crippen molar-refractivity contribution in [3.05, 3.63) is 58.1 Å².